The fraction of sp³-hybridized carbons (Fsp3) is 0.929. The van der Waals surface area contributed by atoms with Crippen LogP contribution >= 0.6 is 0 Å². The fourth-order valence-corrected chi connectivity index (χ4v) is 3.25. The lowest BCUT2D eigenvalue weighted by molar-refractivity contribution is -0.156. The van der Waals surface area contributed by atoms with Crippen LogP contribution in [-0.2, 0) is 0 Å². The second kappa shape index (κ2) is 5.70. The number of nitriles is 1. The van der Waals surface area contributed by atoms with Gasteiger partial charge < -0.3 is 0 Å². The molecule has 0 aromatic carbocycles. The Kier molecular flexibility index (Phi) is 4.39. The Balaban J connectivity index is 2.10. The molecule has 0 bridgehead atoms. The predicted octanol–water partition coefficient (Wildman–Crippen LogP) is 3.73. The molecule has 3 unspecified atom stereocenters. The van der Waals surface area contributed by atoms with Gasteiger partial charge in [-0.15, -0.1) is 0 Å². The molecule has 0 aliphatic heterocycles. The summed E-state index contributed by atoms with van der Waals surface area (Å²) < 4.78 is 38.2. The lowest BCUT2D eigenvalue weighted by atomic mass is 9.77. The first-order chi connectivity index (χ1) is 8.94. The third-order valence-electron chi connectivity index (χ3n) is 4.47. The highest BCUT2D eigenvalue weighted by atomic mass is 19.4. The molecule has 2 aliphatic carbocycles. The summed E-state index contributed by atoms with van der Waals surface area (Å²) in [6.45, 7) is 1.23. The highest BCUT2D eigenvalue weighted by Crippen LogP contribution is 2.40. The molecule has 0 spiro atoms. The van der Waals surface area contributed by atoms with Gasteiger partial charge in [0.05, 0.1) is 18.5 Å². The van der Waals surface area contributed by atoms with Crippen LogP contribution in [0.25, 0.3) is 0 Å². The zero-order chi connectivity index (χ0) is 14.0. The summed E-state index contributed by atoms with van der Waals surface area (Å²) in [5.74, 6) is 0.245. The van der Waals surface area contributed by atoms with Crippen LogP contribution in [0.5, 0.6) is 0 Å². The first-order valence-electron chi connectivity index (χ1n) is 7.16. The van der Waals surface area contributed by atoms with E-state index < -0.39 is 12.7 Å². The van der Waals surface area contributed by atoms with Crippen molar-refractivity contribution in [2.24, 2.45) is 11.8 Å². The van der Waals surface area contributed by atoms with Gasteiger partial charge in [-0.05, 0) is 38.0 Å². The molecule has 19 heavy (non-hydrogen) atoms. The molecule has 2 nitrogen and oxygen atoms in total. The zero-order valence-electron chi connectivity index (χ0n) is 11.3. The lowest BCUT2D eigenvalue weighted by Crippen LogP contribution is -2.49. The maximum absolute atomic E-state index is 12.7. The smallest absolute Gasteiger partial charge is 0.288 e. The third kappa shape index (κ3) is 3.85. The quantitative estimate of drug-likeness (QED) is 0.781. The van der Waals surface area contributed by atoms with Crippen molar-refractivity contribution in [1.29, 1.82) is 5.26 Å². The number of nitrogens with zero attached hydrogens (tertiary/aromatic N) is 2. The average Bonchev–Trinajstić information content (AvgIpc) is 3.18. The van der Waals surface area contributed by atoms with E-state index in [1.165, 1.54) is 0 Å². The molecule has 5 heteroatoms. The molecule has 2 saturated carbocycles. The van der Waals surface area contributed by atoms with Crippen molar-refractivity contribution < 1.29 is 13.2 Å². The van der Waals surface area contributed by atoms with E-state index in [1.807, 2.05) is 0 Å². The summed E-state index contributed by atoms with van der Waals surface area (Å²) in [5, 5.41) is 9.21. The first-order valence-corrected chi connectivity index (χ1v) is 7.16. The molecule has 0 radical (unpaired) electrons. The fourth-order valence-electron chi connectivity index (χ4n) is 3.25. The molecular weight excluding hydrogens is 253 g/mol. The van der Waals surface area contributed by atoms with Crippen LogP contribution in [0.3, 0.4) is 0 Å². The summed E-state index contributed by atoms with van der Waals surface area (Å²) in [6.07, 6.45) is 1.02. The summed E-state index contributed by atoms with van der Waals surface area (Å²) in [5.41, 5.74) is 0. The minimum atomic E-state index is -4.16. The number of rotatable bonds is 4. The normalized spacial score (nSPS) is 32.3. The molecule has 2 aliphatic rings. The van der Waals surface area contributed by atoms with Gasteiger partial charge in [-0.25, -0.2) is 0 Å². The molecule has 108 valence electrons. The molecular formula is C14H21F3N2. The van der Waals surface area contributed by atoms with Gasteiger partial charge in [-0.1, -0.05) is 13.3 Å². The Morgan fingerprint density at radius 2 is 1.89 bits per heavy atom. The van der Waals surface area contributed by atoms with Gasteiger partial charge in [0, 0.05) is 12.1 Å². The molecule has 0 aromatic heterocycles. The van der Waals surface area contributed by atoms with E-state index in [0.717, 1.165) is 38.5 Å². The minimum Gasteiger partial charge on any atom is -0.288 e. The van der Waals surface area contributed by atoms with E-state index in [1.54, 1.807) is 4.90 Å². The Morgan fingerprint density at radius 3 is 2.37 bits per heavy atom. The molecule has 0 aromatic rings. The topological polar surface area (TPSA) is 27.0 Å². The minimum absolute atomic E-state index is 0.0538. The summed E-state index contributed by atoms with van der Waals surface area (Å²) in [6, 6.07) is 2.10. The number of halogens is 3. The SMILES string of the molecule is CCC1CCC(C#N)C(N(CC(F)(F)F)C2CC2)C1. The van der Waals surface area contributed by atoms with E-state index in [0.29, 0.717) is 5.92 Å². The van der Waals surface area contributed by atoms with Crippen molar-refractivity contribution in [3.8, 4) is 6.07 Å². The Morgan fingerprint density at radius 1 is 1.21 bits per heavy atom. The van der Waals surface area contributed by atoms with Crippen LogP contribution in [-0.4, -0.2) is 29.7 Å². The van der Waals surface area contributed by atoms with Crippen molar-refractivity contribution in [3.63, 3.8) is 0 Å². The molecule has 0 heterocycles. The molecule has 0 amide bonds. The van der Waals surface area contributed by atoms with Gasteiger partial charge >= 0.3 is 6.18 Å². The molecule has 2 fully saturated rings. The zero-order valence-corrected chi connectivity index (χ0v) is 11.3. The van der Waals surface area contributed by atoms with Gasteiger partial charge in [0.2, 0.25) is 0 Å². The van der Waals surface area contributed by atoms with Crippen molar-refractivity contribution in [1.82, 2.24) is 4.90 Å². The molecule has 3 atom stereocenters. The van der Waals surface area contributed by atoms with E-state index >= 15 is 0 Å². The second-order valence-electron chi connectivity index (χ2n) is 5.91. The lowest BCUT2D eigenvalue weighted by Gasteiger charge is -2.40. The van der Waals surface area contributed by atoms with Crippen molar-refractivity contribution in [2.45, 2.75) is 63.7 Å². The van der Waals surface area contributed by atoms with Crippen LogP contribution in [0.1, 0.15) is 45.4 Å². The van der Waals surface area contributed by atoms with Crippen molar-refractivity contribution in [2.75, 3.05) is 6.54 Å². The Labute approximate surface area is 112 Å². The van der Waals surface area contributed by atoms with E-state index in [4.69, 9.17) is 0 Å². The average molecular weight is 274 g/mol. The first kappa shape index (κ1) is 14.6. The maximum Gasteiger partial charge on any atom is 0.401 e. The van der Waals surface area contributed by atoms with Gasteiger partial charge in [0.25, 0.3) is 0 Å². The van der Waals surface area contributed by atoms with Crippen LogP contribution in [0, 0.1) is 23.2 Å². The van der Waals surface area contributed by atoms with Crippen molar-refractivity contribution in [3.05, 3.63) is 0 Å². The summed E-state index contributed by atoms with van der Waals surface area (Å²) >= 11 is 0. The largest absolute Gasteiger partial charge is 0.401 e. The standard InChI is InChI=1S/C14H21F3N2/c1-2-10-3-4-11(8-18)13(7-10)19(12-5-6-12)9-14(15,16)17/h10-13H,2-7,9H2,1H3. The monoisotopic (exact) mass is 274 g/mol. The second-order valence-corrected chi connectivity index (χ2v) is 5.91. The maximum atomic E-state index is 12.7. The van der Waals surface area contributed by atoms with Gasteiger partial charge in [-0.2, -0.15) is 18.4 Å². The molecule has 0 N–H and O–H groups in total. The predicted molar refractivity (Wildman–Crippen MR) is 66.3 cm³/mol. The third-order valence-corrected chi connectivity index (χ3v) is 4.47. The summed E-state index contributed by atoms with van der Waals surface area (Å²) in [7, 11) is 0. The van der Waals surface area contributed by atoms with E-state index in [2.05, 4.69) is 13.0 Å². The highest BCUT2D eigenvalue weighted by Gasteiger charge is 2.45. The van der Waals surface area contributed by atoms with Crippen LogP contribution in [0.4, 0.5) is 13.2 Å². The van der Waals surface area contributed by atoms with Gasteiger partial charge in [0.1, 0.15) is 0 Å². The number of hydrogen-bond donors (Lipinski definition) is 0. The van der Waals surface area contributed by atoms with Gasteiger partial charge in [-0.3, -0.25) is 4.90 Å². The molecule has 0 saturated heterocycles. The Hall–Kier alpha value is -0.760. The van der Waals surface area contributed by atoms with E-state index in [-0.39, 0.29) is 18.0 Å². The van der Waals surface area contributed by atoms with Gasteiger partial charge in [0.15, 0.2) is 0 Å². The number of hydrogen-bond acceptors (Lipinski definition) is 2. The molecule has 2 rings (SSSR count). The van der Waals surface area contributed by atoms with Crippen LogP contribution < -0.4 is 0 Å². The summed E-state index contributed by atoms with van der Waals surface area (Å²) in [4.78, 5) is 1.58. The van der Waals surface area contributed by atoms with Crippen LogP contribution in [0.2, 0.25) is 0 Å². The van der Waals surface area contributed by atoms with Crippen molar-refractivity contribution >= 4 is 0 Å². The highest BCUT2D eigenvalue weighted by molar-refractivity contribution is 5.01. The Bertz CT molecular complexity index is 344. The van der Waals surface area contributed by atoms with Crippen LogP contribution in [0.15, 0.2) is 0 Å². The number of alkyl halides is 3. The van der Waals surface area contributed by atoms with E-state index in [9.17, 15) is 18.4 Å².